The van der Waals surface area contributed by atoms with Gasteiger partial charge in [0.25, 0.3) is 11.1 Å². The first-order chi connectivity index (χ1) is 16.5. The van der Waals surface area contributed by atoms with Gasteiger partial charge in [-0.25, -0.2) is 0 Å². The molecule has 3 aromatic carbocycles. The molecule has 0 bridgehead atoms. The van der Waals surface area contributed by atoms with E-state index in [0.717, 1.165) is 39.4 Å². The predicted octanol–water partition coefficient (Wildman–Crippen LogP) is 5.31. The SMILES string of the molecule is CCCOc1ccc2ccccc2c1/C=C1\SC(=O)N(CC(=O)Nc2ccc(OC)cc2)C1=O. The summed E-state index contributed by atoms with van der Waals surface area (Å²) < 4.78 is 11.0. The molecule has 3 amide bonds. The third kappa shape index (κ3) is 5.07. The maximum absolute atomic E-state index is 13.0. The minimum Gasteiger partial charge on any atom is -0.497 e. The van der Waals surface area contributed by atoms with Gasteiger partial charge < -0.3 is 14.8 Å². The lowest BCUT2D eigenvalue weighted by atomic mass is 10.0. The number of anilines is 1. The fourth-order valence-corrected chi connectivity index (χ4v) is 4.37. The van der Waals surface area contributed by atoms with Crippen molar-refractivity contribution in [3.8, 4) is 11.5 Å². The molecule has 1 aliphatic heterocycles. The fourth-order valence-electron chi connectivity index (χ4n) is 3.55. The van der Waals surface area contributed by atoms with Crippen LogP contribution in [0.3, 0.4) is 0 Å². The van der Waals surface area contributed by atoms with E-state index in [1.54, 1.807) is 37.5 Å². The molecule has 1 saturated heterocycles. The summed E-state index contributed by atoms with van der Waals surface area (Å²) in [4.78, 5) is 39.3. The van der Waals surface area contributed by atoms with Crippen LogP contribution in [-0.2, 0) is 9.59 Å². The maximum atomic E-state index is 13.0. The highest BCUT2D eigenvalue weighted by Crippen LogP contribution is 2.36. The fraction of sp³-hybridized carbons (Fsp3) is 0.192. The van der Waals surface area contributed by atoms with Crippen LogP contribution >= 0.6 is 11.8 Å². The molecule has 0 aliphatic carbocycles. The first-order valence-corrected chi connectivity index (χ1v) is 11.7. The molecule has 4 rings (SSSR count). The van der Waals surface area contributed by atoms with Crippen molar-refractivity contribution in [2.75, 3.05) is 25.6 Å². The third-order valence-electron chi connectivity index (χ3n) is 5.22. The molecule has 1 heterocycles. The topological polar surface area (TPSA) is 84.9 Å². The van der Waals surface area contributed by atoms with E-state index in [0.29, 0.717) is 23.8 Å². The highest BCUT2D eigenvalue weighted by atomic mass is 32.2. The van der Waals surface area contributed by atoms with Gasteiger partial charge in [0.05, 0.1) is 18.6 Å². The van der Waals surface area contributed by atoms with Crippen molar-refractivity contribution in [1.29, 1.82) is 0 Å². The van der Waals surface area contributed by atoms with E-state index in [1.807, 2.05) is 43.3 Å². The number of imide groups is 1. The van der Waals surface area contributed by atoms with Crippen molar-refractivity contribution in [3.05, 3.63) is 71.1 Å². The van der Waals surface area contributed by atoms with Gasteiger partial charge in [-0.05, 0) is 65.4 Å². The molecule has 34 heavy (non-hydrogen) atoms. The highest BCUT2D eigenvalue weighted by molar-refractivity contribution is 8.18. The summed E-state index contributed by atoms with van der Waals surface area (Å²) >= 11 is 0.817. The van der Waals surface area contributed by atoms with Gasteiger partial charge in [0.15, 0.2) is 0 Å². The van der Waals surface area contributed by atoms with Crippen LogP contribution in [0.15, 0.2) is 65.6 Å². The van der Waals surface area contributed by atoms with Crippen LogP contribution in [0.2, 0.25) is 0 Å². The number of nitrogens with one attached hydrogen (secondary N) is 1. The van der Waals surface area contributed by atoms with Crippen LogP contribution in [0, 0.1) is 0 Å². The molecule has 8 heteroatoms. The molecule has 0 saturated carbocycles. The van der Waals surface area contributed by atoms with E-state index in [9.17, 15) is 14.4 Å². The van der Waals surface area contributed by atoms with Gasteiger partial charge in [0, 0.05) is 11.3 Å². The van der Waals surface area contributed by atoms with Crippen molar-refractivity contribution < 1.29 is 23.9 Å². The Labute approximate surface area is 201 Å². The molecular formula is C26H24N2O5S. The van der Waals surface area contributed by atoms with E-state index in [2.05, 4.69) is 5.32 Å². The maximum Gasteiger partial charge on any atom is 0.294 e. The van der Waals surface area contributed by atoms with Crippen molar-refractivity contribution in [1.82, 2.24) is 4.90 Å². The summed E-state index contributed by atoms with van der Waals surface area (Å²) in [6, 6.07) is 18.4. The number of carbonyl (C=O) groups excluding carboxylic acids is 3. The lowest BCUT2D eigenvalue weighted by Gasteiger charge is -2.13. The van der Waals surface area contributed by atoms with Crippen molar-refractivity contribution >= 4 is 51.4 Å². The normalized spacial score (nSPS) is 14.6. The Balaban J connectivity index is 1.56. The monoisotopic (exact) mass is 476 g/mol. The number of methoxy groups -OCH3 is 1. The lowest BCUT2D eigenvalue weighted by Crippen LogP contribution is -2.36. The van der Waals surface area contributed by atoms with E-state index < -0.39 is 17.1 Å². The minimum atomic E-state index is -0.505. The lowest BCUT2D eigenvalue weighted by molar-refractivity contribution is -0.127. The van der Waals surface area contributed by atoms with E-state index >= 15 is 0 Å². The number of fused-ring (bicyclic) bond motifs is 1. The van der Waals surface area contributed by atoms with Crippen LogP contribution in [0.4, 0.5) is 10.5 Å². The summed E-state index contributed by atoms with van der Waals surface area (Å²) in [6.07, 6.45) is 2.52. The molecule has 174 valence electrons. The van der Waals surface area contributed by atoms with E-state index in [1.165, 1.54) is 0 Å². The van der Waals surface area contributed by atoms with Gasteiger partial charge in [-0.3, -0.25) is 19.3 Å². The molecule has 0 atom stereocenters. The molecule has 1 N–H and O–H groups in total. The van der Waals surface area contributed by atoms with E-state index in [4.69, 9.17) is 9.47 Å². The summed E-state index contributed by atoms with van der Waals surface area (Å²) in [5, 5.41) is 4.12. The number of ether oxygens (including phenoxy) is 2. The second-order valence-corrected chi connectivity index (χ2v) is 8.58. The Morgan fingerprint density at radius 2 is 1.82 bits per heavy atom. The standard InChI is InChI=1S/C26H24N2O5S/c1-3-14-33-22-13-8-17-6-4-5-7-20(17)21(22)15-23-25(30)28(26(31)34-23)16-24(29)27-18-9-11-19(32-2)12-10-18/h4-13,15H,3,14,16H2,1-2H3,(H,27,29)/b23-15-. The zero-order chi connectivity index (χ0) is 24.1. The zero-order valence-corrected chi connectivity index (χ0v) is 19.7. The molecule has 7 nitrogen and oxygen atoms in total. The predicted molar refractivity (Wildman–Crippen MR) is 134 cm³/mol. The smallest absolute Gasteiger partial charge is 0.294 e. The third-order valence-corrected chi connectivity index (χ3v) is 6.12. The Kier molecular flexibility index (Phi) is 7.18. The molecule has 0 radical (unpaired) electrons. The molecule has 0 aromatic heterocycles. The number of hydrogen-bond acceptors (Lipinski definition) is 6. The summed E-state index contributed by atoms with van der Waals surface area (Å²) in [5.74, 6) is 0.328. The van der Waals surface area contributed by atoms with Gasteiger partial charge >= 0.3 is 0 Å². The average molecular weight is 477 g/mol. The molecule has 3 aromatic rings. The Morgan fingerprint density at radius 1 is 1.06 bits per heavy atom. The summed E-state index contributed by atoms with van der Waals surface area (Å²) in [5.41, 5.74) is 1.28. The molecule has 1 fully saturated rings. The van der Waals surface area contributed by atoms with Crippen LogP contribution < -0.4 is 14.8 Å². The summed E-state index contributed by atoms with van der Waals surface area (Å²) in [7, 11) is 1.55. The van der Waals surface area contributed by atoms with Crippen LogP contribution in [0.25, 0.3) is 16.8 Å². The highest BCUT2D eigenvalue weighted by Gasteiger charge is 2.36. The zero-order valence-electron chi connectivity index (χ0n) is 18.9. The number of thioether (sulfide) groups is 1. The molecule has 0 spiro atoms. The number of amides is 3. The van der Waals surface area contributed by atoms with Gasteiger partial charge in [0.2, 0.25) is 5.91 Å². The number of hydrogen-bond donors (Lipinski definition) is 1. The Bertz CT molecular complexity index is 1270. The van der Waals surface area contributed by atoms with Gasteiger partial charge in [-0.15, -0.1) is 0 Å². The first-order valence-electron chi connectivity index (χ1n) is 10.8. The second kappa shape index (κ2) is 10.4. The molecule has 0 unspecified atom stereocenters. The quantitative estimate of drug-likeness (QED) is 0.444. The Hall–Kier alpha value is -3.78. The van der Waals surface area contributed by atoms with Gasteiger partial charge in [0.1, 0.15) is 18.0 Å². The minimum absolute atomic E-state index is 0.250. The molecular weight excluding hydrogens is 452 g/mol. The number of rotatable bonds is 8. The summed E-state index contributed by atoms with van der Waals surface area (Å²) in [6.45, 7) is 2.18. The van der Waals surface area contributed by atoms with Crippen LogP contribution in [0.5, 0.6) is 11.5 Å². The van der Waals surface area contributed by atoms with Crippen LogP contribution in [-0.4, -0.2) is 42.2 Å². The largest absolute Gasteiger partial charge is 0.497 e. The van der Waals surface area contributed by atoms with Crippen molar-refractivity contribution in [2.45, 2.75) is 13.3 Å². The van der Waals surface area contributed by atoms with Crippen molar-refractivity contribution in [3.63, 3.8) is 0 Å². The van der Waals surface area contributed by atoms with E-state index in [-0.39, 0.29) is 11.4 Å². The number of carbonyl (C=O) groups is 3. The van der Waals surface area contributed by atoms with Gasteiger partial charge in [-0.2, -0.15) is 0 Å². The number of benzene rings is 3. The first kappa shape index (κ1) is 23.4. The molecule has 1 aliphatic rings. The van der Waals surface area contributed by atoms with Crippen LogP contribution in [0.1, 0.15) is 18.9 Å². The van der Waals surface area contributed by atoms with Gasteiger partial charge in [-0.1, -0.05) is 37.3 Å². The second-order valence-electron chi connectivity index (χ2n) is 7.59. The number of nitrogens with zero attached hydrogens (tertiary/aromatic N) is 1. The Morgan fingerprint density at radius 3 is 2.56 bits per heavy atom. The van der Waals surface area contributed by atoms with Crippen molar-refractivity contribution in [2.24, 2.45) is 0 Å². The average Bonchev–Trinajstić information content (AvgIpc) is 3.11.